The predicted molar refractivity (Wildman–Crippen MR) is 78.0 cm³/mol. The smallest absolute Gasteiger partial charge is 0.0456 e. The van der Waals surface area contributed by atoms with Crippen molar-refractivity contribution in [3.05, 3.63) is 36.0 Å². The van der Waals surface area contributed by atoms with E-state index >= 15 is 0 Å². The van der Waals surface area contributed by atoms with Crippen LogP contribution < -0.4 is 10.6 Å². The Labute approximate surface area is 109 Å². The Hall–Kier alpha value is -1.32. The Morgan fingerprint density at radius 1 is 1.22 bits per heavy atom. The van der Waals surface area contributed by atoms with E-state index in [9.17, 15) is 0 Å². The quantitative estimate of drug-likeness (QED) is 0.683. The van der Waals surface area contributed by atoms with E-state index in [0.29, 0.717) is 0 Å². The van der Waals surface area contributed by atoms with Crippen molar-refractivity contribution in [3.63, 3.8) is 0 Å². The molecule has 1 aromatic carbocycles. The summed E-state index contributed by atoms with van der Waals surface area (Å²) < 4.78 is 0. The molecular weight excluding hydrogens is 222 g/mol. The molecule has 0 unspecified atom stereocenters. The van der Waals surface area contributed by atoms with Gasteiger partial charge in [-0.05, 0) is 45.5 Å². The number of aromatic nitrogens is 1. The van der Waals surface area contributed by atoms with Crippen LogP contribution >= 0.6 is 0 Å². The molecule has 0 saturated carbocycles. The summed E-state index contributed by atoms with van der Waals surface area (Å²) >= 11 is 0. The molecule has 18 heavy (non-hydrogen) atoms. The highest BCUT2D eigenvalue weighted by Gasteiger charge is 2.13. The number of H-pyrrole nitrogens is 1. The second-order valence-corrected chi connectivity index (χ2v) is 5.42. The van der Waals surface area contributed by atoms with Crippen LogP contribution in [0.5, 0.6) is 0 Å². The minimum Gasteiger partial charge on any atom is -0.361 e. The van der Waals surface area contributed by atoms with Gasteiger partial charge in [0.2, 0.25) is 0 Å². The second kappa shape index (κ2) is 5.55. The first kappa shape index (κ1) is 13.1. The molecule has 1 aromatic heterocycles. The van der Waals surface area contributed by atoms with Gasteiger partial charge in [0.25, 0.3) is 0 Å². The maximum atomic E-state index is 3.50. The zero-order valence-electron chi connectivity index (χ0n) is 11.5. The van der Waals surface area contributed by atoms with Gasteiger partial charge in [-0.3, -0.25) is 0 Å². The standard InChI is InChI=1S/C15H23N3/c1-15(2,16-3)11-17-9-8-12-10-18-14-7-5-4-6-13(12)14/h4-7,10,16-18H,8-9,11H2,1-3H3. The van der Waals surface area contributed by atoms with Crippen LogP contribution in [0.25, 0.3) is 10.9 Å². The SMILES string of the molecule is CNC(C)(C)CNCCc1c[nH]c2ccccc12. The van der Waals surface area contributed by atoms with Gasteiger partial charge < -0.3 is 15.6 Å². The minimum atomic E-state index is 0.153. The van der Waals surface area contributed by atoms with Crippen LogP contribution in [-0.2, 0) is 6.42 Å². The summed E-state index contributed by atoms with van der Waals surface area (Å²) in [4.78, 5) is 3.32. The molecule has 1 heterocycles. The van der Waals surface area contributed by atoms with E-state index < -0.39 is 0 Å². The van der Waals surface area contributed by atoms with Crippen molar-refractivity contribution >= 4 is 10.9 Å². The average Bonchev–Trinajstić information content (AvgIpc) is 2.78. The van der Waals surface area contributed by atoms with Gasteiger partial charge in [0.05, 0.1) is 0 Å². The van der Waals surface area contributed by atoms with Gasteiger partial charge in [-0.25, -0.2) is 0 Å². The van der Waals surface area contributed by atoms with Crippen LogP contribution in [0.4, 0.5) is 0 Å². The molecule has 3 nitrogen and oxygen atoms in total. The lowest BCUT2D eigenvalue weighted by Crippen LogP contribution is -2.46. The Morgan fingerprint density at radius 3 is 2.78 bits per heavy atom. The zero-order valence-corrected chi connectivity index (χ0v) is 11.5. The molecule has 0 aliphatic heterocycles. The number of fused-ring (bicyclic) bond motifs is 1. The maximum Gasteiger partial charge on any atom is 0.0456 e. The van der Waals surface area contributed by atoms with Crippen LogP contribution in [-0.4, -0.2) is 30.7 Å². The van der Waals surface area contributed by atoms with Crippen molar-refractivity contribution < 1.29 is 0 Å². The van der Waals surface area contributed by atoms with Gasteiger partial charge in [-0.15, -0.1) is 0 Å². The number of likely N-dealkylation sites (N-methyl/N-ethyl adjacent to an activating group) is 1. The molecule has 3 heteroatoms. The van der Waals surface area contributed by atoms with Crippen LogP contribution in [0.1, 0.15) is 19.4 Å². The van der Waals surface area contributed by atoms with Crippen molar-refractivity contribution in [2.75, 3.05) is 20.1 Å². The first-order valence-corrected chi connectivity index (χ1v) is 6.57. The van der Waals surface area contributed by atoms with Crippen LogP contribution in [0.3, 0.4) is 0 Å². The predicted octanol–water partition coefficient (Wildman–Crippen LogP) is 2.30. The number of aromatic amines is 1. The molecule has 0 atom stereocenters. The molecule has 0 bridgehead atoms. The maximum absolute atomic E-state index is 3.50. The van der Waals surface area contributed by atoms with E-state index in [2.05, 4.69) is 59.9 Å². The highest BCUT2D eigenvalue weighted by atomic mass is 15.0. The first-order chi connectivity index (χ1) is 8.62. The van der Waals surface area contributed by atoms with Gasteiger partial charge in [-0.1, -0.05) is 18.2 Å². The van der Waals surface area contributed by atoms with Crippen LogP contribution in [0.15, 0.2) is 30.5 Å². The van der Waals surface area contributed by atoms with Gasteiger partial charge in [0.1, 0.15) is 0 Å². The lowest BCUT2D eigenvalue weighted by Gasteiger charge is -2.24. The highest BCUT2D eigenvalue weighted by molar-refractivity contribution is 5.83. The molecule has 98 valence electrons. The monoisotopic (exact) mass is 245 g/mol. The van der Waals surface area contributed by atoms with Gasteiger partial charge in [-0.2, -0.15) is 0 Å². The Morgan fingerprint density at radius 2 is 2.00 bits per heavy atom. The molecular formula is C15H23N3. The fourth-order valence-electron chi connectivity index (χ4n) is 2.05. The summed E-state index contributed by atoms with van der Waals surface area (Å²) in [6.07, 6.45) is 3.18. The topological polar surface area (TPSA) is 39.8 Å². The molecule has 0 saturated heterocycles. The molecule has 0 fully saturated rings. The fraction of sp³-hybridized carbons (Fsp3) is 0.467. The third-order valence-electron chi connectivity index (χ3n) is 3.49. The Bertz CT molecular complexity index is 499. The Balaban J connectivity index is 1.87. The largest absolute Gasteiger partial charge is 0.361 e. The van der Waals surface area contributed by atoms with Crippen LogP contribution in [0.2, 0.25) is 0 Å². The summed E-state index contributed by atoms with van der Waals surface area (Å²) in [7, 11) is 2.00. The molecule has 0 aliphatic rings. The summed E-state index contributed by atoms with van der Waals surface area (Å²) in [6.45, 7) is 6.39. The lowest BCUT2D eigenvalue weighted by molar-refractivity contribution is 0.395. The summed E-state index contributed by atoms with van der Waals surface area (Å²) in [5.41, 5.74) is 2.77. The lowest BCUT2D eigenvalue weighted by atomic mass is 10.1. The summed E-state index contributed by atoms with van der Waals surface area (Å²) in [5, 5.41) is 8.14. The number of para-hydroxylation sites is 1. The van der Waals surface area contributed by atoms with Gasteiger partial charge in [0.15, 0.2) is 0 Å². The third-order valence-corrected chi connectivity index (χ3v) is 3.49. The first-order valence-electron chi connectivity index (χ1n) is 6.57. The van der Waals surface area contributed by atoms with E-state index in [-0.39, 0.29) is 5.54 Å². The molecule has 2 rings (SSSR count). The molecule has 3 N–H and O–H groups in total. The van der Waals surface area contributed by atoms with Gasteiger partial charge in [0, 0.05) is 29.2 Å². The van der Waals surface area contributed by atoms with Gasteiger partial charge >= 0.3 is 0 Å². The van der Waals surface area contributed by atoms with E-state index in [1.165, 1.54) is 16.5 Å². The van der Waals surface area contributed by atoms with E-state index in [1.54, 1.807) is 0 Å². The van der Waals surface area contributed by atoms with Crippen molar-refractivity contribution in [3.8, 4) is 0 Å². The molecule has 2 aromatic rings. The van der Waals surface area contributed by atoms with E-state index in [4.69, 9.17) is 0 Å². The third kappa shape index (κ3) is 3.12. The van der Waals surface area contributed by atoms with Crippen molar-refractivity contribution in [1.82, 2.24) is 15.6 Å². The van der Waals surface area contributed by atoms with Crippen LogP contribution in [0, 0.1) is 0 Å². The highest BCUT2D eigenvalue weighted by Crippen LogP contribution is 2.17. The molecule has 0 aliphatic carbocycles. The Kier molecular flexibility index (Phi) is 4.04. The number of benzene rings is 1. The average molecular weight is 245 g/mol. The molecule has 0 radical (unpaired) electrons. The van der Waals surface area contributed by atoms with E-state index in [0.717, 1.165) is 19.5 Å². The minimum absolute atomic E-state index is 0.153. The number of rotatable bonds is 6. The number of nitrogens with one attached hydrogen (secondary N) is 3. The van der Waals surface area contributed by atoms with Crippen molar-refractivity contribution in [2.45, 2.75) is 25.8 Å². The number of hydrogen-bond donors (Lipinski definition) is 3. The fourth-order valence-corrected chi connectivity index (χ4v) is 2.05. The van der Waals surface area contributed by atoms with Crippen molar-refractivity contribution in [1.29, 1.82) is 0 Å². The zero-order chi connectivity index (χ0) is 13.0. The molecule has 0 amide bonds. The van der Waals surface area contributed by atoms with E-state index in [1.807, 2.05) is 7.05 Å². The normalized spacial score (nSPS) is 12.2. The number of hydrogen-bond acceptors (Lipinski definition) is 2. The summed E-state index contributed by atoms with van der Waals surface area (Å²) in [5.74, 6) is 0. The van der Waals surface area contributed by atoms with Crippen molar-refractivity contribution in [2.24, 2.45) is 0 Å². The molecule has 0 spiro atoms. The summed E-state index contributed by atoms with van der Waals surface area (Å²) in [6, 6.07) is 8.46. The second-order valence-electron chi connectivity index (χ2n) is 5.42.